The highest BCUT2D eigenvalue weighted by Gasteiger charge is 2.41. The standard InChI is InChI=1S/C21H24F2N4O/c1-3-20(28)27-9-5-15(13-27)17-12-24-19(14-4-7-21(22,23)11-14)10-16(17)18-6-8-26(2)25-18/h3,6,8,10,12,14-15H,1,4-5,7,9,11,13H2,2H3. The van der Waals surface area contributed by atoms with Gasteiger partial charge in [-0.2, -0.15) is 5.10 Å². The first-order valence-corrected chi connectivity index (χ1v) is 9.65. The first-order valence-electron chi connectivity index (χ1n) is 9.65. The number of hydrogen-bond acceptors (Lipinski definition) is 3. The van der Waals surface area contributed by atoms with Crippen molar-refractivity contribution in [3.8, 4) is 11.3 Å². The molecule has 1 saturated heterocycles. The molecule has 2 unspecified atom stereocenters. The van der Waals surface area contributed by atoms with Gasteiger partial charge < -0.3 is 4.90 Å². The van der Waals surface area contributed by atoms with Crippen LogP contribution in [-0.4, -0.2) is 44.6 Å². The maximum atomic E-state index is 13.7. The van der Waals surface area contributed by atoms with Crippen LogP contribution in [-0.2, 0) is 11.8 Å². The first-order chi connectivity index (χ1) is 13.4. The lowest BCUT2D eigenvalue weighted by Crippen LogP contribution is -2.26. The number of likely N-dealkylation sites (tertiary alicyclic amines) is 1. The van der Waals surface area contributed by atoms with Gasteiger partial charge in [-0.15, -0.1) is 0 Å². The Morgan fingerprint density at radius 3 is 2.82 bits per heavy atom. The Balaban J connectivity index is 1.68. The average Bonchev–Trinajstić information content (AvgIpc) is 3.40. The quantitative estimate of drug-likeness (QED) is 0.749. The van der Waals surface area contributed by atoms with Crippen LogP contribution in [0.2, 0.25) is 0 Å². The van der Waals surface area contributed by atoms with Gasteiger partial charge in [0.2, 0.25) is 11.8 Å². The summed E-state index contributed by atoms with van der Waals surface area (Å²) in [6.45, 7) is 4.84. The van der Waals surface area contributed by atoms with Gasteiger partial charge in [-0.1, -0.05) is 6.58 Å². The number of amides is 1. The molecule has 0 N–H and O–H groups in total. The van der Waals surface area contributed by atoms with Gasteiger partial charge in [-0.3, -0.25) is 14.5 Å². The molecule has 5 nitrogen and oxygen atoms in total. The van der Waals surface area contributed by atoms with Gasteiger partial charge in [0, 0.05) is 68.5 Å². The molecule has 2 aromatic rings. The minimum Gasteiger partial charge on any atom is -0.339 e. The van der Waals surface area contributed by atoms with Crippen LogP contribution in [0.3, 0.4) is 0 Å². The zero-order valence-electron chi connectivity index (χ0n) is 15.9. The fourth-order valence-corrected chi connectivity index (χ4v) is 4.36. The predicted octanol–water partition coefficient (Wildman–Crippen LogP) is 3.89. The number of alkyl halides is 2. The molecule has 0 aromatic carbocycles. The van der Waals surface area contributed by atoms with Crippen LogP contribution in [0.1, 0.15) is 48.8 Å². The SMILES string of the molecule is C=CC(=O)N1CCC(c2cnc(C3CCC(F)(F)C3)cc2-c2ccn(C)n2)C1. The molecule has 2 fully saturated rings. The number of carbonyl (C=O) groups excluding carboxylic acids is 1. The molecule has 28 heavy (non-hydrogen) atoms. The summed E-state index contributed by atoms with van der Waals surface area (Å²) in [6.07, 6.45) is 6.07. The zero-order valence-corrected chi connectivity index (χ0v) is 15.9. The van der Waals surface area contributed by atoms with Gasteiger partial charge in [0.15, 0.2) is 0 Å². The highest BCUT2D eigenvalue weighted by molar-refractivity contribution is 5.87. The first kappa shape index (κ1) is 18.8. The largest absolute Gasteiger partial charge is 0.339 e. The lowest BCUT2D eigenvalue weighted by atomic mass is 9.91. The van der Waals surface area contributed by atoms with Gasteiger partial charge in [0.05, 0.1) is 5.69 Å². The number of carbonyl (C=O) groups is 1. The van der Waals surface area contributed by atoms with Crippen molar-refractivity contribution in [2.24, 2.45) is 7.05 Å². The zero-order chi connectivity index (χ0) is 19.9. The number of aryl methyl sites for hydroxylation is 1. The monoisotopic (exact) mass is 386 g/mol. The van der Waals surface area contributed by atoms with Gasteiger partial charge in [0.1, 0.15) is 0 Å². The highest BCUT2D eigenvalue weighted by Crippen LogP contribution is 2.45. The maximum Gasteiger partial charge on any atom is 0.248 e. The number of hydrogen-bond donors (Lipinski definition) is 0. The molecule has 1 amide bonds. The van der Waals surface area contributed by atoms with E-state index in [4.69, 9.17) is 0 Å². The van der Waals surface area contributed by atoms with Crippen molar-refractivity contribution in [2.45, 2.75) is 43.4 Å². The van der Waals surface area contributed by atoms with Crippen molar-refractivity contribution < 1.29 is 13.6 Å². The van der Waals surface area contributed by atoms with E-state index in [0.29, 0.717) is 25.2 Å². The number of pyridine rings is 1. The van der Waals surface area contributed by atoms with E-state index in [9.17, 15) is 13.6 Å². The van der Waals surface area contributed by atoms with Crippen molar-refractivity contribution in [2.75, 3.05) is 13.1 Å². The molecule has 0 spiro atoms. The fourth-order valence-electron chi connectivity index (χ4n) is 4.36. The molecule has 1 aliphatic heterocycles. The smallest absolute Gasteiger partial charge is 0.248 e. The Hall–Kier alpha value is -2.57. The molecule has 4 rings (SSSR count). The lowest BCUT2D eigenvalue weighted by Gasteiger charge is -2.18. The van der Waals surface area contributed by atoms with E-state index in [0.717, 1.165) is 23.2 Å². The third kappa shape index (κ3) is 3.57. The number of aromatic nitrogens is 3. The van der Waals surface area contributed by atoms with E-state index in [-0.39, 0.29) is 30.6 Å². The summed E-state index contributed by atoms with van der Waals surface area (Å²) >= 11 is 0. The Morgan fingerprint density at radius 2 is 2.18 bits per heavy atom. The number of halogens is 2. The predicted molar refractivity (Wildman–Crippen MR) is 102 cm³/mol. The second kappa shape index (κ2) is 7.11. The molecule has 1 aliphatic carbocycles. The van der Waals surface area contributed by atoms with Gasteiger partial charge in [-0.25, -0.2) is 8.78 Å². The molecule has 0 bridgehead atoms. The molecule has 2 aromatic heterocycles. The fraction of sp³-hybridized carbons (Fsp3) is 0.476. The molecule has 3 heterocycles. The van der Waals surface area contributed by atoms with E-state index < -0.39 is 5.92 Å². The Bertz CT molecular complexity index is 908. The van der Waals surface area contributed by atoms with E-state index in [1.54, 1.807) is 9.58 Å². The molecule has 2 atom stereocenters. The molecule has 0 radical (unpaired) electrons. The summed E-state index contributed by atoms with van der Waals surface area (Å²) in [5.74, 6) is -2.76. The van der Waals surface area contributed by atoms with Gasteiger partial charge >= 0.3 is 0 Å². The van der Waals surface area contributed by atoms with Gasteiger partial charge in [-0.05, 0) is 36.6 Å². The van der Waals surface area contributed by atoms with Crippen LogP contribution in [0.4, 0.5) is 8.78 Å². The molecular formula is C21H24F2N4O. The second-order valence-electron chi connectivity index (χ2n) is 7.84. The maximum absolute atomic E-state index is 13.7. The van der Waals surface area contributed by atoms with Gasteiger partial charge in [0.25, 0.3) is 0 Å². The van der Waals surface area contributed by atoms with E-state index in [1.807, 2.05) is 31.6 Å². The van der Waals surface area contributed by atoms with Crippen molar-refractivity contribution in [3.63, 3.8) is 0 Å². The second-order valence-corrected chi connectivity index (χ2v) is 7.84. The van der Waals surface area contributed by atoms with Crippen LogP contribution in [0.5, 0.6) is 0 Å². The van der Waals surface area contributed by atoms with Crippen LogP contribution < -0.4 is 0 Å². The Kier molecular flexibility index (Phi) is 4.77. The molecular weight excluding hydrogens is 362 g/mol. The minimum atomic E-state index is -2.60. The van der Waals surface area contributed by atoms with Crippen LogP contribution in [0.15, 0.2) is 37.2 Å². The average molecular weight is 386 g/mol. The van der Waals surface area contributed by atoms with Crippen LogP contribution in [0.25, 0.3) is 11.3 Å². The molecule has 1 saturated carbocycles. The van der Waals surface area contributed by atoms with Crippen molar-refractivity contribution in [1.29, 1.82) is 0 Å². The Labute approximate surface area is 163 Å². The summed E-state index contributed by atoms with van der Waals surface area (Å²) in [5, 5.41) is 4.52. The summed E-state index contributed by atoms with van der Waals surface area (Å²) in [4.78, 5) is 18.3. The van der Waals surface area contributed by atoms with E-state index in [1.165, 1.54) is 6.08 Å². The summed E-state index contributed by atoms with van der Waals surface area (Å²) in [5.41, 5.74) is 3.46. The Morgan fingerprint density at radius 1 is 1.36 bits per heavy atom. The van der Waals surface area contributed by atoms with E-state index >= 15 is 0 Å². The minimum absolute atomic E-state index is 0.0698. The lowest BCUT2D eigenvalue weighted by molar-refractivity contribution is -0.125. The highest BCUT2D eigenvalue weighted by atomic mass is 19.3. The third-order valence-electron chi connectivity index (χ3n) is 5.88. The topological polar surface area (TPSA) is 51.0 Å². The summed E-state index contributed by atoms with van der Waals surface area (Å²) in [7, 11) is 1.85. The molecule has 2 aliphatic rings. The summed E-state index contributed by atoms with van der Waals surface area (Å²) in [6, 6.07) is 3.86. The third-order valence-corrected chi connectivity index (χ3v) is 5.88. The van der Waals surface area contributed by atoms with Crippen LogP contribution >= 0.6 is 0 Å². The van der Waals surface area contributed by atoms with Crippen molar-refractivity contribution in [3.05, 3.63) is 48.4 Å². The molecule has 148 valence electrons. The van der Waals surface area contributed by atoms with Crippen molar-refractivity contribution in [1.82, 2.24) is 19.7 Å². The van der Waals surface area contributed by atoms with E-state index in [2.05, 4.69) is 16.7 Å². The summed E-state index contributed by atoms with van der Waals surface area (Å²) < 4.78 is 29.1. The normalized spacial score (nSPS) is 23.9. The molecule has 7 heteroatoms. The number of rotatable bonds is 4. The number of nitrogens with zero attached hydrogens (tertiary/aromatic N) is 4. The van der Waals surface area contributed by atoms with Crippen LogP contribution in [0, 0.1) is 0 Å². The van der Waals surface area contributed by atoms with Crippen molar-refractivity contribution >= 4 is 5.91 Å².